The molecule has 34 heavy (non-hydrogen) atoms. The highest BCUT2D eigenvalue weighted by Crippen LogP contribution is 2.37. The van der Waals surface area contributed by atoms with Gasteiger partial charge >= 0.3 is 0 Å². The summed E-state index contributed by atoms with van der Waals surface area (Å²) in [6.07, 6.45) is 1.89. The molecule has 0 saturated heterocycles. The number of amides is 2. The van der Waals surface area contributed by atoms with E-state index >= 15 is 0 Å². The fourth-order valence-corrected chi connectivity index (χ4v) is 5.30. The SMILES string of the molecule is CC(C)C(=O)C(C)(C)CC(C)(C)C(=O)NC(C)(C)CC(C)(C)NC(=O)C(C)CC(C)(C)C(C)C. The number of carbonyl (C=O) groups is 3. The van der Waals surface area contributed by atoms with Gasteiger partial charge in [-0.3, -0.25) is 14.4 Å². The molecule has 1 atom stereocenters. The molecule has 0 aliphatic carbocycles. The second kappa shape index (κ2) is 11.1. The zero-order valence-electron chi connectivity index (χ0n) is 25.1. The fourth-order valence-electron chi connectivity index (χ4n) is 5.30. The molecule has 0 spiro atoms. The molecule has 5 heteroatoms. The Hall–Kier alpha value is -1.39. The highest BCUT2D eigenvalue weighted by atomic mass is 16.2. The number of hydrogen-bond donors (Lipinski definition) is 2. The van der Waals surface area contributed by atoms with Gasteiger partial charge in [0.15, 0.2) is 0 Å². The van der Waals surface area contributed by atoms with E-state index in [-0.39, 0.29) is 34.8 Å². The zero-order valence-corrected chi connectivity index (χ0v) is 25.1. The van der Waals surface area contributed by atoms with Gasteiger partial charge in [-0.1, -0.05) is 76.2 Å². The van der Waals surface area contributed by atoms with Gasteiger partial charge in [0, 0.05) is 33.7 Å². The molecule has 0 aromatic heterocycles. The van der Waals surface area contributed by atoms with Gasteiger partial charge in [0.2, 0.25) is 11.8 Å². The van der Waals surface area contributed by atoms with Crippen LogP contribution in [0, 0.1) is 34.0 Å². The summed E-state index contributed by atoms with van der Waals surface area (Å²) in [6, 6.07) is 0. The van der Waals surface area contributed by atoms with Gasteiger partial charge in [-0.25, -0.2) is 0 Å². The summed E-state index contributed by atoms with van der Waals surface area (Å²) in [5, 5.41) is 6.41. The normalized spacial score (nSPS) is 14.9. The average Bonchev–Trinajstić information content (AvgIpc) is 2.57. The number of hydrogen-bond acceptors (Lipinski definition) is 3. The number of rotatable bonds is 13. The molecule has 0 radical (unpaired) electrons. The van der Waals surface area contributed by atoms with Gasteiger partial charge in [-0.2, -0.15) is 0 Å². The highest BCUT2D eigenvalue weighted by molar-refractivity contribution is 5.88. The maximum atomic E-state index is 13.3. The van der Waals surface area contributed by atoms with Crippen molar-refractivity contribution in [3.8, 4) is 0 Å². The first kappa shape index (κ1) is 32.6. The maximum Gasteiger partial charge on any atom is 0.226 e. The molecule has 0 aromatic carbocycles. The Morgan fingerprint density at radius 1 is 0.647 bits per heavy atom. The topological polar surface area (TPSA) is 75.3 Å². The lowest BCUT2D eigenvalue weighted by atomic mass is 9.70. The first-order valence-electron chi connectivity index (χ1n) is 13.0. The molecule has 2 N–H and O–H groups in total. The first-order valence-corrected chi connectivity index (χ1v) is 13.0. The second-order valence-electron chi connectivity index (χ2n) is 14.6. The number of carbonyl (C=O) groups excluding carboxylic acids is 3. The lowest BCUT2D eigenvalue weighted by Crippen LogP contribution is -2.56. The fraction of sp³-hybridized carbons (Fsp3) is 0.897. The van der Waals surface area contributed by atoms with Crippen LogP contribution in [0.4, 0.5) is 0 Å². The van der Waals surface area contributed by atoms with E-state index in [2.05, 4.69) is 38.3 Å². The minimum Gasteiger partial charge on any atom is -0.351 e. The van der Waals surface area contributed by atoms with E-state index in [4.69, 9.17) is 0 Å². The smallest absolute Gasteiger partial charge is 0.226 e. The van der Waals surface area contributed by atoms with E-state index < -0.39 is 21.9 Å². The van der Waals surface area contributed by atoms with E-state index in [1.165, 1.54) is 0 Å². The summed E-state index contributed by atoms with van der Waals surface area (Å²) in [5.74, 6) is 0.490. The van der Waals surface area contributed by atoms with Gasteiger partial charge in [-0.05, 0) is 58.3 Å². The summed E-state index contributed by atoms with van der Waals surface area (Å²) in [4.78, 5) is 38.9. The van der Waals surface area contributed by atoms with Crippen molar-refractivity contribution in [2.24, 2.45) is 34.0 Å². The summed E-state index contributed by atoms with van der Waals surface area (Å²) in [5.41, 5.74) is -2.20. The van der Waals surface area contributed by atoms with Crippen molar-refractivity contribution < 1.29 is 14.4 Å². The first-order chi connectivity index (χ1) is 14.9. The van der Waals surface area contributed by atoms with E-state index in [0.29, 0.717) is 18.8 Å². The van der Waals surface area contributed by atoms with E-state index in [0.717, 1.165) is 6.42 Å². The highest BCUT2D eigenvalue weighted by Gasteiger charge is 2.42. The number of Topliss-reactive ketones (excluding diaryl/α,β-unsaturated/α-hetero) is 1. The summed E-state index contributed by atoms with van der Waals surface area (Å²) < 4.78 is 0. The Labute approximate surface area is 211 Å². The predicted octanol–water partition coefficient (Wildman–Crippen LogP) is 6.54. The number of ketones is 1. The van der Waals surface area contributed by atoms with Crippen LogP contribution in [0.5, 0.6) is 0 Å². The largest absolute Gasteiger partial charge is 0.351 e. The minimum atomic E-state index is -0.699. The van der Waals surface area contributed by atoms with Gasteiger partial charge < -0.3 is 10.6 Å². The molecule has 2 amide bonds. The Morgan fingerprint density at radius 3 is 1.50 bits per heavy atom. The molecule has 0 rings (SSSR count). The lowest BCUT2D eigenvalue weighted by Gasteiger charge is -2.40. The third-order valence-corrected chi connectivity index (χ3v) is 7.33. The molecule has 0 saturated carbocycles. The van der Waals surface area contributed by atoms with Crippen LogP contribution in [-0.2, 0) is 14.4 Å². The van der Waals surface area contributed by atoms with Crippen LogP contribution < -0.4 is 10.6 Å². The van der Waals surface area contributed by atoms with Gasteiger partial charge in [-0.15, -0.1) is 0 Å². The number of nitrogens with one attached hydrogen (secondary N) is 2. The van der Waals surface area contributed by atoms with E-state index in [1.54, 1.807) is 0 Å². The minimum absolute atomic E-state index is 0.0510. The Balaban J connectivity index is 5.26. The molecular weight excluding hydrogens is 424 g/mol. The summed E-state index contributed by atoms with van der Waals surface area (Å²) in [6.45, 7) is 30.3. The average molecular weight is 481 g/mol. The van der Waals surface area contributed by atoms with Crippen LogP contribution in [0.15, 0.2) is 0 Å². The summed E-state index contributed by atoms with van der Waals surface area (Å²) >= 11 is 0. The van der Waals surface area contributed by atoms with E-state index in [9.17, 15) is 14.4 Å². The molecule has 1 unspecified atom stereocenters. The molecule has 0 aliphatic heterocycles. The van der Waals surface area contributed by atoms with Crippen LogP contribution in [0.2, 0.25) is 0 Å². The standard InChI is InChI=1S/C29H56N2O3/c1-19(2)22(32)26(8,9)17-27(10,11)24(34)31-29(14,15)18-28(12,13)30-23(33)21(5)16-25(6,7)20(3)4/h19-21H,16-18H2,1-15H3,(H,30,33)(H,31,34). The molecule has 5 nitrogen and oxygen atoms in total. The molecule has 0 aromatic rings. The summed E-state index contributed by atoms with van der Waals surface area (Å²) in [7, 11) is 0. The van der Waals surface area contributed by atoms with Crippen LogP contribution >= 0.6 is 0 Å². The van der Waals surface area contributed by atoms with Gasteiger partial charge in [0.25, 0.3) is 0 Å². The third kappa shape index (κ3) is 10.1. The molecule has 0 aliphatic rings. The quantitative estimate of drug-likeness (QED) is 0.314. The lowest BCUT2D eigenvalue weighted by molar-refractivity contribution is -0.137. The molecule has 0 fully saturated rings. The molecule has 200 valence electrons. The van der Waals surface area contributed by atoms with Crippen molar-refractivity contribution in [3.05, 3.63) is 0 Å². The van der Waals surface area contributed by atoms with Crippen molar-refractivity contribution in [1.29, 1.82) is 0 Å². The van der Waals surface area contributed by atoms with Crippen LogP contribution in [0.25, 0.3) is 0 Å². The van der Waals surface area contributed by atoms with Crippen molar-refractivity contribution in [1.82, 2.24) is 10.6 Å². The van der Waals surface area contributed by atoms with Crippen molar-refractivity contribution in [2.45, 2.75) is 134 Å². The maximum absolute atomic E-state index is 13.3. The monoisotopic (exact) mass is 480 g/mol. The zero-order chi connectivity index (χ0) is 27.5. The second-order valence-corrected chi connectivity index (χ2v) is 14.6. The van der Waals surface area contributed by atoms with Crippen LogP contribution in [0.3, 0.4) is 0 Å². The predicted molar refractivity (Wildman–Crippen MR) is 143 cm³/mol. The third-order valence-electron chi connectivity index (χ3n) is 7.33. The Bertz CT molecular complexity index is 728. The Morgan fingerprint density at radius 2 is 1.09 bits per heavy atom. The molecule has 0 bridgehead atoms. The molecular formula is C29H56N2O3. The van der Waals surface area contributed by atoms with Crippen LogP contribution in [0.1, 0.15) is 123 Å². The Kier molecular flexibility index (Phi) is 10.7. The van der Waals surface area contributed by atoms with Crippen molar-refractivity contribution in [2.75, 3.05) is 0 Å². The van der Waals surface area contributed by atoms with Crippen molar-refractivity contribution in [3.63, 3.8) is 0 Å². The van der Waals surface area contributed by atoms with Gasteiger partial charge in [0.05, 0.1) is 0 Å². The van der Waals surface area contributed by atoms with Crippen LogP contribution in [-0.4, -0.2) is 28.7 Å². The molecule has 0 heterocycles. The van der Waals surface area contributed by atoms with Gasteiger partial charge in [0.1, 0.15) is 5.78 Å². The van der Waals surface area contributed by atoms with E-state index in [1.807, 2.05) is 76.2 Å². The van der Waals surface area contributed by atoms with Crippen molar-refractivity contribution >= 4 is 17.6 Å².